The van der Waals surface area contributed by atoms with Crippen molar-refractivity contribution in [2.75, 3.05) is 26.2 Å². The molecule has 0 spiro atoms. The first kappa shape index (κ1) is 15.0. The normalized spacial score (nSPS) is 18.1. The number of benzene rings is 1. The van der Waals surface area contributed by atoms with Crippen molar-refractivity contribution in [1.29, 1.82) is 0 Å². The van der Waals surface area contributed by atoms with Crippen molar-refractivity contribution in [1.82, 2.24) is 19.8 Å². The number of hydrogen-bond donors (Lipinski definition) is 1. The molecular formula is C17H24N4O. The lowest BCUT2D eigenvalue weighted by Gasteiger charge is -2.39. The fraction of sp³-hybridized carbons (Fsp3) is 0.529. The number of carbonyl (C=O) groups is 1. The molecule has 118 valence electrons. The third kappa shape index (κ3) is 2.86. The van der Waals surface area contributed by atoms with Crippen molar-refractivity contribution in [3.8, 4) is 0 Å². The number of para-hydroxylation sites is 2. The van der Waals surface area contributed by atoms with Gasteiger partial charge in [-0.2, -0.15) is 0 Å². The second-order valence-electron chi connectivity index (χ2n) is 6.37. The van der Waals surface area contributed by atoms with Crippen LogP contribution in [0.5, 0.6) is 0 Å². The molecule has 3 rings (SSSR count). The molecule has 1 fully saturated rings. The maximum Gasteiger partial charge on any atom is 0.219 e. The fourth-order valence-electron chi connectivity index (χ4n) is 3.34. The zero-order chi connectivity index (χ0) is 15.7. The van der Waals surface area contributed by atoms with Crippen LogP contribution in [-0.4, -0.2) is 51.9 Å². The molecule has 2 heterocycles. The number of rotatable bonds is 3. The van der Waals surface area contributed by atoms with Gasteiger partial charge in [-0.25, -0.2) is 4.98 Å². The molecule has 1 atom stereocenters. The van der Waals surface area contributed by atoms with Gasteiger partial charge in [0.05, 0.1) is 17.1 Å². The van der Waals surface area contributed by atoms with Crippen LogP contribution < -0.4 is 0 Å². The number of nitrogens with zero attached hydrogens (tertiary/aromatic N) is 3. The summed E-state index contributed by atoms with van der Waals surface area (Å²) in [6.45, 7) is 9.52. The van der Waals surface area contributed by atoms with E-state index in [0.29, 0.717) is 5.92 Å². The Kier molecular flexibility index (Phi) is 4.16. The van der Waals surface area contributed by atoms with Gasteiger partial charge in [0.25, 0.3) is 0 Å². The van der Waals surface area contributed by atoms with Gasteiger partial charge in [-0.1, -0.05) is 26.0 Å². The monoisotopic (exact) mass is 300 g/mol. The van der Waals surface area contributed by atoms with Gasteiger partial charge in [-0.3, -0.25) is 9.69 Å². The van der Waals surface area contributed by atoms with Gasteiger partial charge < -0.3 is 9.88 Å². The highest BCUT2D eigenvalue weighted by molar-refractivity contribution is 5.75. The molecule has 1 N–H and O–H groups in total. The molecule has 1 aromatic carbocycles. The molecule has 0 bridgehead atoms. The maximum atomic E-state index is 11.5. The summed E-state index contributed by atoms with van der Waals surface area (Å²) in [5.74, 6) is 1.67. The topological polar surface area (TPSA) is 52.2 Å². The number of imidazole rings is 1. The molecule has 5 heteroatoms. The van der Waals surface area contributed by atoms with Gasteiger partial charge in [0.2, 0.25) is 5.91 Å². The van der Waals surface area contributed by atoms with E-state index in [2.05, 4.69) is 29.8 Å². The summed E-state index contributed by atoms with van der Waals surface area (Å²) in [5, 5.41) is 0. The summed E-state index contributed by atoms with van der Waals surface area (Å²) in [4.78, 5) is 24.1. The molecule has 1 unspecified atom stereocenters. The summed E-state index contributed by atoms with van der Waals surface area (Å²) >= 11 is 0. The molecule has 0 saturated carbocycles. The first-order valence-electron chi connectivity index (χ1n) is 8.00. The van der Waals surface area contributed by atoms with Crippen LogP contribution in [0.4, 0.5) is 0 Å². The highest BCUT2D eigenvalue weighted by Gasteiger charge is 2.30. The van der Waals surface area contributed by atoms with Crippen LogP contribution in [0.3, 0.4) is 0 Å². The molecule has 2 aromatic rings. The van der Waals surface area contributed by atoms with Gasteiger partial charge in [0.15, 0.2) is 0 Å². The molecule has 0 radical (unpaired) electrons. The molecule has 22 heavy (non-hydrogen) atoms. The number of hydrogen-bond acceptors (Lipinski definition) is 3. The number of aromatic nitrogens is 2. The predicted octanol–water partition coefficient (Wildman–Crippen LogP) is 2.42. The molecule has 1 aliphatic heterocycles. The lowest BCUT2D eigenvalue weighted by molar-refractivity contribution is -0.131. The molecule has 5 nitrogen and oxygen atoms in total. The number of nitrogens with one attached hydrogen (secondary N) is 1. The van der Waals surface area contributed by atoms with E-state index in [-0.39, 0.29) is 11.9 Å². The number of amides is 1. The SMILES string of the molecule is CC(=O)N1CCN(C(c2nc3ccccc3[nH]2)C(C)C)CC1. The van der Waals surface area contributed by atoms with E-state index >= 15 is 0 Å². The third-order valence-corrected chi connectivity index (χ3v) is 4.47. The van der Waals surface area contributed by atoms with E-state index in [0.717, 1.165) is 43.0 Å². The van der Waals surface area contributed by atoms with Gasteiger partial charge in [0, 0.05) is 33.1 Å². The van der Waals surface area contributed by atoms with E-state index < -0.39 is 0 Å². The molecule has 1 saturated heterocycles. The lowest BCUT2D eigenvalue weighted by Crippen LogP contribution is -2.50. The van der Waals surface area contributed by atoms with Crippen LogP contribution in [0, 0.1) is 5.92 Å². The first-order chi connectivity index (χ1) is 10.6. The van der Waals surface area contributed by atoms with Crippen molar-refractivity contribution < 1.29 is 4.79 Å². The second kappa shape index (κ2) is 6.08. The summed E-state index contributed by atoms with van der Waals surface area (Å²) in [7, 11) is 0. The molecule has 1 amide bonds. The van der Waals surface area contributed by atoms with E-state index in [1.165, 1.54) is 0 Å². The number of carbonyl (C=O) groups excluding carboxylic acids is 1. The average Bonchev–Trinajstić information content (AvgIpc) is 2.90. The van der Waals surface area contributed by atoms with Crippen LogP contribution in [0.25, 0.3) is 11.0 Å². The van der Waals surface area contributed by atoms with Gasteiger partial charge >= 0.3 is 0 Å². The molecule has 1 aliphatic rings. The van der Waals surface area contributed by atoms with Crippen molar-refractivity contribution >= 4 is 16.9 Å². The first-order valence-corrected chi connectivity index (χ1v) is 8.00. The Morgan fingerprint density at radius 1 is 1.18 bits per heavy atom. The largest absolute Gasteiger partial charge is 0.341 e. The van der Waals surface area contributed by atoms with Gasteiger partial charge in [-0.15, -0.1) is 0 Å². The van der Waals surface area contributed by atoms with Crippen LogP contribution in [0.2, 0.25) is 0 Å². The number of aromatic amines is 1. The molecule has 1 aromatic heterocycles. The van der Waals surface area contributed by atoms with E-state index in [1.807, 2.05) is 23.1 Å². The lowest BCUT2D eigenvalue weighted by atomic mass is 10.0. The zero-order valence-corrected chi connectivity index (χ0v) is 13.5. The Labute approximate surface area is 131 Å². The summed E-state index contributed by atoms with van der Waals surface area (Å²) in [6, 6.07) is 8.42. The number of fused-ring (bicyclic) bond motifs is 1. The molecule has 0 aliphatic carbocycles. The Hall–Kier alpha value is -1.88. The second-order valence-corrected chi connectivity index (χ2v) is 6.37. The van der Waals surface area contributed by atoms with Crippen molar-refractivity contribution in [2.24, 2.45) is 5.92 Å². The Morgan fingerprint density at radius 3 is 2.45 bits per heavy atom. The summed E-state index contributed by atoms with van der Waals surface area (Å²) in [6.07, 6.45) is 0. The van der Waals surface area contributed by atoms with Crippen LogP contribution in [0.1, 0.15) is 32.6 Å². The highest BCUT2D eigenvalue weighted by atomic mass is 16.2. The maximum absolute atomic E-state index is 11.5. The average molecular weight is 300 g/mol. The van der Waals surface area contributed by atoms with E-state index in [4.69, 9.17) is 4.98 Å². The minimum absolute atomic E-state index is 0.171. The third-order valence-electron chi connectivity index (χ3n) is 4.47. The van der Waals surface area contributed by atoms with E-state index in [1.54, 1.807) is 6.92 Å². The molecular weight excluding hydrogens is 276 g/mol. The van der Waals surface area contributed by atoms with Crippen molar-refractivity contribution in [3.05, 3.63) is 30.1 Å². The van der Waals surface area contributed by atoms with Crippen LogP contribution in [0.15, 0.2) is 24.3 Å². The highest BCUT2D eigenvalue weighted by Crippen LogP contribution is 2.29. The fourth-order valence-corrected chi connectivity index (χ4v) is 3.34. The minimum Gasteiger partial charge on any atom is -0.341 e. The van der Waals surface area contributed by atoms with Crippen molar-refractivity contribution in [3.63, 3.8) is 0 Å². The van der Waals surface area contributed by atoms with E-state index in [9.17, 15) is 4.79 Å². The quantitative estimate of drug-likeness (QED) is 0.947. The summed E-state index contributed by atoms with van der Waals surface area (Å²) < 4.78 is 0. The Balaban J connectivity index is 1.83. The van der Waals surface area contributed by atoms with Crippen LogP contribution in [-0.2, 0) is 4.79 Å². The zero-order valence-electron chi connectivity index (χ0n) is 13.5. The van der Waals surface area contributed by atoms with Crippen molar-refractivity contribution in [2.45, 2.75) is 26.8 Å². The van der Waals surface area contributed by atoms with Crippen LogP contribution >= 0.6 is 0 Å². The Morgan fingerprint density at radius 2 is 1.86 bits per heavy atom. The standard InChI is InChI=1S/C17H24N4O/c1-12(2)16(21-10-8-20(9-11-21)13(3)22)17-18-14-6-4-5-7-15(14)19-17/h4-7,12,16H,8-11H2,1-3H3,(H,18,19). The number of H-pyrrole nitrogens is 1. The smallest absolute Gasteiger partial charge is 0.219 e. The predicted molar refractivity (Wildman–Crippen MR) is 87.5 cm³/mol. The number of piperazine rings is 1. The summed E-state index contributed by atoms with van der Waals surface area (Å²) in [5.41, 5.74) is 2.11. The Bertz CT molecular complexity index is 622. The minimum atomic E-state index is 0.171. The van der Waals surface area contributed by atoms with Gasteiger partial charge in [-0.05, 0) is 18.1 Å². The van der Waals surface area contributed by atoms with Gasteiger partial charge in [0.1, 0.15) is 5.82 Å².